The predicted molar refractivity (Wildman–Crippen MR) is 65.0 cm³/mol. The molecule has 15 heavy (non-hydrogen) atoms. The average Bonchev–Trinajstić information content (AvgIpc) is 2.30. The molecule has 0 bridgehead atoms. The van der Waals surface area contributed by atoms with E-state index in [0.29, 0.717) is 6.04 Å². The molecule has 1 aliphatic rings. The lowest BCUT2D eigenvalue weighted by atomic mass is 9.83. The molecule has 1 N–H and O–H groups in total. The molecular formula is C14H21N. The minimum Gasteiger partial charge on any atom is -0.314 e. The van der Waals surface area contributed by atoms with E-state index in [-0.39, 0.29) is 0 Å². The fraction of sp³-hybridized carbons (Fsp3) is 0.571. The Kier molecular flexibility index (Phi) is 3.42. The molecule has 82 valence electrons. The van der Waals surface area contributed by atoms with Gasteiger partial charge in [0, 0.05) is 6.04 Å². The van der Waals surface area contributed by atoms with Gasteiger partial charge in [0.15, 0.2) is 0 Å². The largest absolute Gasteiger partial charge is 0.314 e. The molecule has 1 aliphatic heterocycles. The van der Waals surface area contributed by atoms with E-state index in [9.17, 15) is 0 Å². The van der Waals surface area contributed by atoms with E-state index in [1.54, 1.807) is 0 Å². The molecule has 0 amide bonds. The highest BCUT2D eigenvalue weighted by Crippen LogP contribution is 2.29. The molecule has 0 aliphatic carbocycles. The molecule has 0 unspecified atom stereocenters. The first-order valence-corrected chi connectivity index (χ1v) is 6.05. The van der Waals surface area contributed by atoms with Gasteiger partial charge in [-0.15, -0.1) is 0 Å². The Morgan fingerprint density at radius 3 is 2.60 bits per heavy atom. The van der Waals surface area contributed by atoms with E-state index in [4.69, 9.17) is 0 Å². The van der Waals surface area contributed by atoms with Gasteiger partial charge < -0.3 is 5.32 Å². The number of benzene rings is 1. The van der Waals surface area contributed by atoms with Crippen molar-refractivity contribution in [1.82, 2.24) is 5.32 Å². The van der Waals surface area contributed by atoms with Crippen LogP contribution in [0.3, 0.4) is 0 Å². The molecule has 0 spiro atoms. The summed E-state index contributed by atoms with van der Waals surface area (Å²) in [6, 6.07) is 11.7. The van der Waals surface area contributed by atoms with Gasteiger partial charge in [0.25, 0.3) is 0 Å². The van der Waals surface area contributed by atoms with Gasteiger partial charge in [-0.05, 0) is 36.8 Å². The maximum absolute atomic E-state index is 3.62. The zero-order chi connectivity index (χ0) is 10.7. The lowest BCUT2D eigenvalue weighted by Crippen LogP contribution is -2.40. The third kappa shape index (κ3) is 2.60. The summed E-state index contributed by atoms with van der Waals surface area (Å²) >= 11 is 0. The van der Waals surface area contributed by atoms with Crippen molar-refractivity contribution in [3.8, 4) is 0 Å². The van der Waals surface area contributed by atoms with Gasteiger partial charge >= 0.3 is 0 Å². The standard InChI is InChI=1S/C14H21N/c1-11(2)14-10-13(8-9-15-14)12-6-4-3-5-7-12/h3-7,11,13-15H,8-10H2,1-2H3/t13-,14-/m0/s1. The van der Waals surface area contributed by atoms with Crippen LogP contribution in [0.2, 0.25) is 0 Å². The number of piperidine rings is 1. The summed E-state index contributed by atoms with van der Waals surface area (Å²) in [6.45, 7) is 5.79. The van der Waals surface area contributed by atoms with Crippen LogP contribution in [0.5, 0.6) is 0 Å². The van der Waals surface area contributed by atoms with Crippen molar-refractivity contribution >= 4 is 0 Å². The van der Waals surface area contributed by atoms with Crippen LogP contribution < -0.4 is 5.32 Å². The molecule has 2 atom stereocenters. The van der Waals surface area contributed by atoms with Crippen molar-refractivity contribution in [2.24, 2.45) is 5.92 Å². The number of hydrogen-bond donors (Lipinski definition) is 1. The van der Waals surface area contributed by atoms with Crippen molar-refractivity contribution in [1.29, 1.82) is 0 Å². The van der Waals surface area contributed by atoms with Crippen molar-refractivity contribution in [2.75, 3.05) is 6.54 Å². The Balaban J connectivity index is 2.05. The van der Waals surface area contributed by atoms with E-state index < -0.39 is 0 Å². The zero-order valence-corrected chi connectivity index (χ0v) is 9.74. The summed E-state index contributed by atoms with van der Waals surface area (Å²) in [6.07, 6.45) is 2.58. The van der Waals surface area contributed by atoms with E-state index in [1.165, 1.54) is 24.9 Å². The SMILES string of the molecule is CC(C)[C@@H]1C[C@@H](c2ccccc2)CCN1. The fourth-order valence-corrected chi connectivity index (χ4v) is 2.49. The van der Waals surface area contributed by atoms with Crippen LogP contribution in [-0.4, -0.2) is 12.6 Å². The van der Waals surface area contributed by atoms with Crippen LogP contribution in [-0.2, 0) is 0 Å². The quantitative estimate of drug-likeness (QED) is 0.778. The van der Waals surface area contributed by atoms with Gasteiger partial charge in [-0.2, -0.15) is 0 Å². The molecule has 1 saturated heterocycles. The second-order valence-electron chi connectivity index (χ2n) is 4.94. The van der Waals surface area contributed by atoms with Gasteiger partial charge in [0.1, 0.15) is 0 Å². The highest BCUT2D eigenvalue weighted by atomic mass is 14.9. The van der Waals surface area contributed by atoms with Gasteiger partial charge in [-0.25, -0.2) is 0 Å². The first kappa shape index (κ1) is 10.7. The second kappa shape index (κ2) is 4.80. The number of rotatable bonds is 2. The molecule has 1 fully saturated rings. The zero-order valence-electron chi connectivity index (χ0n) is 9.74. The Morgan fingerprint density at radius 1 is 1.20 bits per heavy atom. The highest BCUT2D eigenvalue weighted by molar-refractivity contribution is 5.20. The Bertz CT molecular complexity index is 291. The van der Waals surface area contributed by atoms with Gasteiger partial charge in [-0.1, -0.05) is 44.2 Å². The third-order valence-electron chi connectivity index (χ3n) is 3.51. The minimum absolute atomic E-state index is 0.698. The second-order valence-corrected chi connectivity index (χ2v) is 4.94. The summed E-state index contributed by atoms with van der Waals surface area (Å²) in [5.41, 5.74) is 1.52. The average molecular weight is 203 g/mol. The maximum Gasteiger partial charge on any atom is 0.00958 e. The third-order valence-corrected chi connectivity index (χ3v) is 3.51. The molecule has 0 saturated carbocycles. The smallest absolute Gasteiger partial charge is 0.00958 e. The maximum atomic E-state index is 3.62. The van der Waals surface area contributed by atoms with E-state index in [0.717, 1.165) is 11.8 Å². The van der Waals surface area contributed by atoms with Gasteiger partial charge in [0.05, 0.1) is 0 Å². The number of nitrogens with one attached hydrogen (secondary N) is 1. The van der Waals surface area contributed by atoms with Crippen molar-refractivity contribution < 1.29 is 0 Å². The Labute approximate surface area is 92.9 Å². The number of hydrogen-bond acceptors (Lipinski definition) is 1. The summed E-state index contributed by atoms with van der Waals surface area (Å²) in [5, 5.41) is 3.62. The summed E-state index contributed by atoms with van der Waals surface area (Å²) < 4.78 is 0. The molecule has 0 radical (unpaired) electrons. The van der Waals surface area contributed by atoms with Gasteiger partial charge in [0.2, 0.25) is 0 Å². The molecule has 1 aromatic carbocycles. The molecule has 1 heterocycles. The summed E-state index contributed by atoms with van der Waals surface area (Å²) in [4.78, 5) is 0. The molecule has 1 nitrogen and oxygen atoms in total. The lowest BCUT2D eigenvalue weighted by Gasteiger charge is -2.33. The van der Waals surface area contributed by atoms with Crippen LogP contribution in [0.1, 0.15) is 38.2 Å². The van der Waals surface area contributed by atoms with Crippen molar-refractivity contribution in [3.63, 3.8) is 0 Å². The fourth-order valence-electron chi connectivity index (χ4n) is 2.49. The lowest BCUT2D eigenvalue weighted by molar-refractivity contribution is 0.299. The van der Waals surface area contributed by atoms with Crippen LogP contribution in [0.4, 0.5) is 0 Å². The minimum atomic E-state index is 0.698. The van der Waals surface area contributed by atoms with Crippen molar-refractivity contribution in [2.45, 2.75) is 38.6 Å². The van der Waals surface area contributed by atoms with E-state index >= 15 is 0 Å². The molecule has 0 aromatic heterocycles. The Hall–Kier alpha value is -0.820. The molecule has 1 aromatic rings. The van der Waals surface area contributed by atoms with Crippen LogP contribution >= 0.6 is 0 Å². The van der Waals surface area contributed by atoms with E-state index in [2.05, 4.69) is 49.5 Å². The van der Waals surface area contributed by atoms with Crippen LogP contribution in [0.25, 0.3) is 0 Å². The first-order valence-electron chi connectivity index (χ1n) is 6.05. The first-order chi connectivity index (χ1) is 7.27. The van der Waals surface area contributed by atoms with E-state index in [1.807, 2.05) is 0 Å². The van der Waals surface area contributed by atoms with Crippen molar-refractivity contribution in [3.05, 3.63) is 35.9 Å². The van der Waals surface area contributed by atoms with Crippen LogP contribution in [0, 0.1) is 5.92 Å². The summed E-state index contributed by atoms with van der Waals surface area (Å²) in [7, 11) is 0. The Morgan fingerprint density at radius 2 is 1.93 bits per heavy atom. The van der Waals surface area contributed by atoms with Gasteiger partial charge in [-0.3, -0.25) is 0 Å². The predicted octanol–water partition coefficient (Wildman–Crippen LogP) is 3.18. The molecular weight excluding hydrogens is 182 g/mol. The molecule has 1 heteroatoms. The van der Waals surface area contributed by atoms with Crippen LogP contribution in [0.15, 0.2) is 30.3 Å². The monoisotopic (exact) mass is 203 g/mol. The molecule has 2 rings (SSSR count). The topological polar surface area (TPSA) is 12.0 Å². The summed E-state index contributed by atoms with van der Waals surface area (Å²) in [5.74, 6) is 1.51. The highest BCUT2D eigenvalue weighted by Gasteiger charge is 2.24. The normalized spacial score (nSPS) is 26.9.